The first-order chi connectivity index (χ1) is 14.8. The van der Waals surface area contributed by atoms with Crippen molar-refractivity contribution in [3.8, 4) is 0 Å². The van der Waals surface area contributed by atoms with E-state index in [0.29, 0.717) is 31.6 Å². The number of hydrogen-bond acceptors (Lipinski definition) is 4. The van der Waals surface area contributed by atoms with Gasteiger partial charge in [0.15, 0.2) is 5.69 Å². The Hall–Kier alpha value is -2.67. The third kappa shape index (κ3) is 4.98. The number of hydrogen-bond donors (Lipinski definition) is 2. The van der Waals surface area contributed by atoms with E-state index in [-0.39, 0.29) is 23.3 Å². The molecule has 2 amide bonds. The topological polar surface area (TPSA) is 87.5 Å². The standard InChI is InChI=1S/C24H34N4O3/c1-5-28-17(2)15-20(26-28)23(31)27(4)21-11-13-24(14-12-22(21)30,16-25-18(3)29)19-9-7-6-8-10-19/h6-10,15,21-22,30H,5,11-14,16H2,1-4H3,(H,25,29)/t21-,22-,24+/m0/s1. The van der Waals surface area contributed by atoms with E-state index in [1.807, 2.05) is 32.0 Å². The molecule has 1 heterocycles. The summed E-state index contributed by atoms with van der Waals surface area (Å²) in [5.41, 5.74) is 2.24. The number of aryl methyl sites for hydroxylation is 2. The van der Waals surface area contributed by atoms with E-state index in [9.17, 15) is 14.7 Å². The Bertz CT molecular complexity index is 911. The molecule has 2 aromatic rings. The van der Waals surface area contributed by atoms with Crippen LogP contribution >= 0.6 is 0 Å². The van der Waals surface area contributed by atoms with Crippen LogP contribution in [-0.2, 0) is 16.8 Å². The van der Waals surface area contributed by atoms with Gasteiger partial charge in [-0.15, -0.1) is 0 Å². The number of carbonyl (C=O) groups is 2. The highest BCUT2D eigenvalue weighted by molar-refractivity contribution is 5.92. The molecule has 1 aliphatic carbocycles. The Morgan fingerprint density at radius 3 is 2.55 bits per heavy atom. The molecular weight excluding hydrogens is 392 g/mol. The van der Waals surface area contributed by atoms with E-state index in [1.54, 1.807) is 22.7 Å². The van der Waals surface area contributed by atoms with Gasteiger partial charge in [0.05, 0.1) is 12.1 Å². The van der Waals surface area contributed by atoms with Gasteiger partial charge in [0.2, 0.25) is 5.91 Å². The fourth-order valence-electron chi connectivity index (χ4n) is 4.73. The van der Waals surface area contributed by atoms with Crippen molar-refractivity contribution >= 4 is 11.8 Å². The average molecular weight is 427 g/mol. The minimum Gasteiger partial charge on any atom is -0.391 e. The number of nitrogens with one attached hydrogen (secondary N) is 1. The van der Waals surface area contributed by atoms with E-state index >= 15 is 0 Å². The van der Waals surface area contributed by atoms with Gasteiger partial charge in [0.1, 0.15) is 0 Å². The zero-order valence-electron chi connectivity index (χ0n) is 19.0. The lowest BCUT2D eigenvalue weighted by molar-refractivity contribution is -0.119. The molecule has 31 heavy (non-hydrogen) atoms. The summed E-state index contributed by atoms with van der Waals surface area (Å²) in [5.74, 6) is -0.237. The van der Waals surface area contributed by atoms with Crippen LogP contribution < -0.4 is 5.32 Å². The van der Waals surface area contributed by atoms with Gasteiger partial charge in [0.25, 0.3) is 5.91 Å². The van der Waals surface area contributed by atoms with Crippen LogP contribution in [0, 0.1) is 6.92 Å². The van der Waals surface area contributed by atoms with Crippen LogP contribution in [-0.4, -0.2) is 57.3 Å². The number of benzene rings is 1. The Morgan fingerprint density at radius 2 is 1.94 bits per heavy atom. The van der Waals surface area contributed by atoms with Crippen molar-refractivity contribution in [2.45, 2.75) is 70.6 Å². The maximum Gasteiger partial charge on any atom is 0.274 e. The predicted octanol–water partition coefficient (Wildman–Crippen LogP) is 2.66. The normalized spacial score (nSPS) is 23.8. The minimum atomic E-state index is -0.633. The van der Waals surface area contributed by atoms with Crippen LogP contribution in [0.5, 0.6) is 0 Å². The number of likely N-dealkylation sites (N-methyl/N-ethyl adjacent to an activating group) is 1. The van der Waals surface area contributed by atoms with E-state index < -0.39 is 6.10 Å². The maximum atomic E-state index is 13.1. The van der Waals surface area contributed by atoms with Crippen LogP contribution in [0.3, 0.4) is 0 Å². The molecule has 3 atom stereocenters. The Morgan fingerprint density at radius 1 is 1.26 bits per heavy atom. The molecule has 0 unspecified atom stereocenters. The Balaban J connectivity index is 1.82. The smallest absolute Gasteiger partial charge is 0.274 e. The number of amides is 2. The molecule has 7 heteroatoms. The van der Waals surface area contributed by atoms with Crippen LogP contribution in [0.25, 0.3) is 0 Å². The molecule has 1 saturated carbocycles. The van der Waals surface area contributed by atoms with Gasteiger partial charge in [-0.1, -0.05) is 30.3 Å². The van der Waals surface area contributed by atoms with E-state index in [1.165, 1.54) is 6.92 Å². The second-order valence-corrected chi connectivity index (χ2v) is 8.67. The summed E-state index contributed by atoms with van der Waals surface area (Å²) < 4.78 is 1.80. The molecule has 0 bridgehead atoms. The molecule has 1 aromatic carbocycles. The summed E-state index contributed by atoms with van der Waals surface area (Å²) in [5, 5.41) is 18.4. The zero-order valence-corrected chi connectivity index (χ0v) is 19.0. The van der Waals surface area contributed by atoms with Crippen molar-refractivity contribution in [3.63, 3.8) is 0 Å². The number of aromatic nitrogens is 2. The number of nitrogens with zero attached hydrogens (tertiary/aromatic N) is 3. The van der Waals surface area contributed by atoms with Crippen molar-refractivity contribution in [2.24, 2.45) is 0 Å². The van der Waals surface area contributed by atoms with Gasteiger partial charge in [-0.2, -0.15) is 5.10 Å². The highest BCUT2D eigenvalue weighted by Gasteiger charge is 2.40. The minimum absolute atomic E-state index is 0.0640. The summed E-state index contributed by atoms with van der Waals surface area (Å²) >= 11 is 0. The first kappa shape index (κ1) is 23.0. The molecular formula is C24H34N4O3. The molecule has 0 radical (unpaired) electrons. The van der Waals surface area contributed by atoms with Gasteiger partial charge >= 0.3 is 0 Å². The fraction of sp³-hybridized carbons (Fsp3) is 0.542. The first-order valence-electron chi connectivity index (χ1n) is 11.1. The molecule has 0 spiro atoms. The SMILES string of the molecule is CCn1nc(C(=O)N(C)[C@H]2CC[C@@](CNC(C)=O)(c3ccccc3)CC[C@@H]2O)cc1C. The quantitative estimate of drug-likeness (QED) is 0.695. The molecule has 168 valence electrons. The largest absolute Gasteiger partial charge is 0.391 e. The van der Waals surface area contributed by atoms with Gasteiger partial charge in [-0.25, -0.2) is 0 Å². The lowest BCUT2D eigenvalue weighted by Crippen LogP contribution is -2.44. The van der Waals surface area contributed by atoms with Gasteiger partial charge in [-0.3, -0.25) is 14.3 Å². The summed E-state index contributed by atoms with van der Waals surface area (Å²) in [7, 11) is 1.75. The lowest BCUT2D eigenvalue weighted by atomic mass is 9.74. The lowest BCUT2D eigenvalue weighted by Gasteiger charge is -2.34. The average Bonchev–Trinajstić information content (AvgIpc) is 3.06. The van der Waals surface area contributed by atoms with Crippen molar-refractivity contribution in [3.05, 3.63) is 53.3 Å². The second kappa shape index (κ2) is 9.64. The van der Waals surface area contributed by atoms with E-state index in [0.717, 1.165) is 24.1 Å². The maximum absolute atomic E-state index is 13.1. The third-order valence-corrected chi connectivity index (χ3v) is 6.66. The molecule has 0 saturated heterocycles. The zero-order chi connectivity index (χ0) is 22.6. The van der Waals surface area contributed by atoms with Crippen molar-refractivity contribution < 1.29 is 14.7 Å². The number of aliphatic hydroxyl groups is 1. The molecule has 7 nitrogen and oxygen atoms in total. The van der Waals surface area contributed by atoms with Crippen molar-refractivity contribution in [1.29, 1.82) is 0 Å². The van der Waals surface area contributed by atoms with Gasteiger partial charge in [0, 0.05) is 38.2 Å². The van der Waals surface area contributed by atoms with Gasteiger partial charge < -0.3 is 15.3 Å². The molecule has 3 rings (SSSR count). The molecule has 1 fully saturated rings. The van der Waals surface area contributed by atoms with Crippen LogP contribution in [0.1, 0.15) is 61.3 Å². The molecule has 1 aromatic heterocycles. The number of carbonyl (C=O) groups excluding carboxylic acids is 2. The Labute approximate surface area is 184 Å². The first-order valence-corrected chi connectivity index (χ1v) is 11.1. The molecule has 1 aliphatic rings. The van der Waals surface area contributed by atoms with Crippen LogP contribution in [0.2, 0.25) is 0 Å². The van der Waals surface area contributed by atoms with Gasteiger partial charge in [-0.05, 0) is 51.2 Å². The molecule has 2 N–H and O–H groups in total. The summed E-state index contributed by atoms with van der Waals surface area (Å²) in [6.45, 7) is 6.67. The van der Waals surface area contributed by atoms with Crippen LogP contribution in [0.15, 0.2) is 36.4 Å². The second-order valence-electron chi connectivity index (χ2n) is 8.67. The predicted molar refractivity (Wildman–Crippen MR) is 120 cm³/mol. The van der Waals surface area contributed by atoms with Crippen molar-refractivity contribution in [2.75, 3.05) is 13.6 Å². The van der Waals surface area contributed by atoms with Crippen molar-refractivity contribution in [1.82, 2.24) is 20.0 Å². The summed E-state index contributed by atoms with van der Waals surface area (Å²) in [6, 6.07) is 11.7. The fourth-order valence-corrected chi connectivity index (χ4v) is 4.73. The van der Waals surface area contributed by atoms with E-state index in [2.05, 4.69) is 22.5 Å². The monoisotopic (exact) mass is 426 g/mol. The molecule has 0 aliphatic heterocycles. The Kier molecular flexibility index (Phi) is 7.15. The summed E-state index contributed by atoms with van der Waals surface area (Å²) in [6.07, 6.45) is 2.07. The number of rotatable bonds is 6. The highest BCUT2D eigenvalue weighted by atomic mass is 16.3. The van der Waals surface area contributed by atoms with Crippen LogP contribution in [0.4, 0.5) is 0 Å². The summed E-state index contributed by atoms with van der Waals surface area (Å²) in [4.78, 5) is 26.4. The number of aliphatic hydroxyl groups excluding tert-OH is 1. The highest BCUT2D eigenvalue weighted by Crippen LogP contribution is 2.39. The van der Waals surface area contributed by atoms with E-state index in [4.69, 9.17) is 0 Å². The third-order valence-electron chi connectivity index (χ3n) is 6.66.